The van der Waals surface area contributed by atoms with Gasteiger partial charge in [0.05, 0.1) is 17.1 Å². The molecule has 0 saturated carbocycles. The highest BCUT2D eigenvalue weighted by Gasteiger charge is 2.20. The average molecular weight is 287 g/mol. The number of nitrogens with zero attached hydrogens (tertiary/aromatic N) is 3. The zero-order valence-corrected chi connectivity index (χ0v) is 12.7. The smallest absolute Gasteiger partial charge is 0.252 e. The largest absolute Gasteiger partial charge is 0.352 e. The average Bonchev–Trinajstić information content (AvgIpc) is 2.79. The van der Waals surface area contributed by atoms with Gasteiger partial charge in [0, 0.05) is 37.3 Å². The second-order valence-electron chi connectivity index (χ2n) is 5.97. The molecule has 1 aliphatic rings. The zero-order chi connectivity index (χ0) is 15.0. The summed E-state index contributed by atoms with van der Waals surface area (Å²) in [5.41, 5.74) is 2.28. The zero-order valence-electron chi connectivity index (χ0n) is 12.7. The quantitative estimate of drug-likeness (QED) is 0.888. The molecule has 2 aromatic rings. The Kier molecular flexibility index (Phi) is 3.63. The van der Waals surface area contributed by atoms with Crippen molar-refractivity contribution in [3.8, 4) is 0 Å². The number of aromatic nitrogens is 3. The summed E-state index contributed by atoms with van der Waals surface area (Å²) in [6.07, 6.45) is 1.74. The van der Waals surface area contributed by atoms with Crippen LogP contribution in [0.25, 0.3) is 11.0 Å². The number of carbonyl (C=O) groups is 1. The third kappa shape index (κ3) is 2.63. The summed E-state index contributed by atoms with van der Waals surface area (Å²) in [5, 5.41) is 11.4. The molecule has 0 spiro atoms. The second kappa shape index (κ2) is 5.44. The minimum absolute atomic E-state index is 0.0410. The summed E-state index contributed by atoms with van der Waals surface area (Å²) in [6.45, 7) is 8.70. The van der Waals surface area contributed by atoms with Gasteiger partial charge in [-0.05, 0) is 26.8 Å². The van der Waals surface area contributed by atoms with Gasteiger partial charge in [0.2, 0.25) is 0 Å². The third-order valence-corrected chi connectivity index (χ3v) is 3.85. The van der Waals surface area contributed by atoms with Crippen molar-refractivity contribution in [3.05, 3.63) is 23.5 Å². The standard InChI is InChI=1S/C15H21N5O/c1-9(2)20-14-13(8-18-20)12(4-10(3)19-14)15(21)17-7-11-5-16-6-11/h4,8-9,11,16H,5-7H2,1-3H3,(H,17,21). The molecule has 6 heteroatoms. The fourth-order valence-electron chi connectivity index (χ4n) is 2.53. The number of carbonyl (C=O) groups excluding carboxylic acids is 1. The molecular weight excluding hydrogens is 266 g/mol. The lowest BCUT2D eigenvalue weighted by Crippen LogP contribution is -2.48. The van der Waals surface area contributed by atoms with Crippen molar-refractivity contribution >= 4 is 16.9 Å². The minimum atomic E-state index is -0.0410. The Balaban J connectivity index is 1.91. The van der Waals surface area contributed by atoms with E-state index in [1.165, 1.54) is 0 Å². The maximum absolute atomic E-state index is 12.4. The Morgan fingerprint density at radius 3 is 2.90 bits per heavy atom. The van der Waals surface area contributed by atoms with Crippen LogP contribution in [0.15, 0.2) is 12.3 Å². The van der Waals surface area contributed by atoms with Gasteiger partial charge in [0.1, 0.15) is 0 Å². The van der Waals surface area contributed by atoms with Crippen molar-refractivity contribution in [3.63, 3.8) is 0 Å². The van der Waals surface area contributed by atoms with Crippen LogP contribution in [-0.2, 0) is 0 Å². The maximum atomic E-state index is 12.4. The summed E-state index contributed by atoms with van der Waals surface area (Å²) in [7, 11) is 0. The van der Waals surface area contributed by atoms with Gasteiger partial charge in [-0.3, -0.25) is 4.79 Å². The van der Waals surface area contributed by atoms with Gasteiger partial charge in [0.15, 0.2) is 5.65 Å². The van der Waals surface area contributed by atoms with Gasteiger partial charge in [-0.25, -0.2) is 9.67 Å². The topological polar surface area (TPSA) is 71.8 Å². The highest BCUT2D eigenvalue weighted by atomic mass is 16.1. The number of hydrogen-bond donors (Lipinski definition) is 2. The van der Waals surface area contributed by atoms with Crippen LogP contribution in [0.5, 0.6) is 0 Å². The SMILES string of the molecule is Cc1cc(C(=O)NCC2CNC2)c2cnn(C(C)C)c2n1. The normalized spacial score (nSPS) is 15.4. The lowest BCUT2D eigenvalue weighted by Gasteiger charge is -2.27. The molecule has 2 N–H and O–H groups in total. The maximum Gasteiger partial charge on any atom is 0.252 e. The van der Waals surface area contributed by atoms with E-state index in [-0.39, 0.29) is 11.9 Å². The van der Waals surface area contributed by atoms with Crippen LogP contribution >= 0.6 is 0 Å². The number of amides is 1. The lowest BCUT2D eigenvalue weighted by molar-refractivity contribution is 0.0943. The Labute approximate surface area is 123 Å². The van der Waals surface area contributed by atoms with Crippen molar-refractivity contribution < 1.29 is 4.79 Å². The Morgan fingerprint density at radius 1 is 1.52 bits per heavy atom. The number of aryl methyl sites for hydroxylation is 1. The molecule has 1 fully saturated rings. The van der Waals surface area contributed by atoms with E-state index in [0.717, 1.165) is 29.8 Å². The predicted octanol–water partition coefficient (Wildman–Crippen LogP) is 1.27. The van der Waals surface area contributed by atoms with Crippen LogP contribution in [0.4, 0.5) is 0 Å². The fraction of sp³-hybridized carbons (Fsp3) is 0.533. The molecule has 1 aliphatic heterocycles. The van der Waals surface area contributed by atoms with Crippen molar-refractivity contribution in [2.45, 2.75) is 26.8 Å². The van der Waals surface area contributed by atoms with Crippen molar-refractivity contribution in [2.24, 2.45) is 5.92 Å². The molecule has 0 unspecified atom stereocenters. The molecule has 1 amide bonds. The van der Waals surface area contributed by atoms with Crippen molar-refractivity contribution in [1.82, 2.24) is 25.4 Å². The molecule has 0 aliphatic carbocycles. The van der Waals surface area contributed by atoms with E-state index in [1.807, 2.05) is 17.7 Å². The minimum Gasteiger partial charge on any atom is -0.352 e. The highest BCUT2D eigenvalue weighted by molar-refractivity contribution is 6.05. The molecule has 112 valence electrons. The van der Waals surface area contributed by atoms with Crippen molar-refractivity contribution in [2.75, 3.05) is 19.6 Å². The lowest BCUT2D eigenvalue weighted by atomic mass is 10.0. The number of nitrogens with one attached hydrogen (secondary N) is 2. The van der Waals surface area contributed by atoms with Gasteiger partial charge in [0.25, 0.3) is 5.91 Å². The van der Waals surface area contributed by atoms with E-state index in [1.54, 1.807) is 6.20 Å². The highest BCUT2D eigenvalue weighted by Crippen LogP contribution is 2.21. The summed E-state index contributed by atoms with van der Waals surface area (Å²) in [4.78, 5) is 17.0. The van der Waals surface area contributed by atoms with E-state index in [9.17, 15) is 4.79 Å². The van der Waals surface area contributed by atoms with E-state index in [0.29, 0.717) is 18.0 Å². The molecule has 6 nitrogen and oxygen atoms in total. The fourth-order valence-corrected chi connectivity index (χ4v) is 2.53. The monoisotopic (exact) mass is 287 g/mol. The molecule has 21 heavy (non-hydrogen) atoms. The third-order valence-electron chi connectivity index (χ3n) is 3.85. The number of pyridine rings is 1. The first-order valence-electron chi connectivity index (χ1n) is 7.40. The van der Waals surface area contributed by atoms with E-state index >= 15 is 0 Å². The van der Waals surface area contributed by atoms with E-state index in [2.05, 4.69) is 34.6 Å². The first-order valence-corrected chi connectivity index (χ1v) is 7.40. The van der Waals surface area contributed by atoms with Crippen LogP contribution in [0.2, 0.25) is 0 Å². The number of fused-ring (bicyclic) bond motifs is 1. The van der Waals surface area contributed by atoms with Gasteiger partial charge in [-0.1, -0.05) is 0 Å². The van der Waals surface area contributed by atoms with Crippen molar-refractivity contribution in [1.29, 1.82) is 0 Å². The molecule has 0 aromatic carbocycles. The molecule has 1 saturated heterocycles. The van der Waals surface area contributed by atoms with Crippen LogP contribution in [0.1, 0.15) is 35.9 Å². The van der Waals surface area contributed by atoms with E-state index in [4.69, 9.17) is 0 Å². The molecule has 3 rings (SSSR count). The van der Waals surface area contributed by atoms with Crippen LogP contribution in [-0.4, -0.2) is 40.3 Å². The van der Waals surface area contributed by atoms with Crippen LogP contribution in [0.3, 0.4) is 0 Å². The molecule has 0 bridgehead atoms. The Bertz CT molecular complexity index is 672. The van der Waals surface area contributed by atoms with Gasteiger partial charge >= 0.3 is 0 Å². The second-order valence-corrected chi connectivity index (χ2v) is 5.97. The Hall–Kier alpha value is -1.95. The summed E-state index contributed by atoms with van der Waals surface area (Å²) in [6, 6.07) is 2.05. The summed E-state index contributed by atoms with van der Waals surface area (Å²) >= 11 is 0. The van der Waals surface area contributed by atoms with Gasteiger partial charge < -0.3 is 10.6 Å². The van der Waals surface area contributed by atoms with Crippen LogP contribution < -0.4 is 10.6 Å². The van der Waals surface area contributed by atoms with Crippen LogP contribution in [0, 0.1) is 12.8 Å². The number of rotatable bonds is 4. The van der Waals surface area contributed by atoms with Gasteiger partial charge in [-0.2, -0.15) is 5.10 Å². The first-order chi connectivity index (χ1) is 10.1. The first kappa shape index (κ1) is 14.0. The summed E-state index contributed by atoms with van der Waals surface area (Å²) < 4.78 is 1.86. The molecule has 2 aromatic heterocycles. The Morgan fingerprint density at radius 2 is 2.29 bits per heavy atom. The summed E-state index contributed by atoms with van der Waals surface area (Å²) in [5.74, 6) is 0.506. The predicted molar refractivity (Wildman–Crippen MR) is 81.3 cm³/mol. The number of hydrogen-bond acceptors (Lipinski definition) is 4. The molecule has 3 heterocycles. The van der Waals surface area contributed by atoms with E-state index < -0.39 is 0 Å². The van der Waals surface area contributed by atoms with Gasteiger partial charge in [-0.15, -0.1) is 0 Å². The molecule has 0 atom stereocenters. The molecular formula is C15H21N5O. The molecule has 0 radical (unpaired) electrons.